The van der Waals surface area contributed by atoms with Crippen molar-refractivity contribution >= 4 is 11.8 Å². The molecule has 0 fully saturated rings. The Kier molecular flexibility index (Phi) is 5.37. The largest absolute Gasteiger partial charge is 0.446 e. The van der Waals surface area contributed by atoms with Crippen LogP contribution in [0.15, 0.2) is 91.0 Å². The number of rotatable bonds is 6. The maximum Gasteiger partial charge on any atom is 0.339 e. The Morgan fingerprint density at radius 1 is 0.720 bits per heavy atom. The topological polar surface area (TPSA) is 43.4 Å². The van der Waals surface area contributed by atoms with Crippen LogP contribution in [0.5, 0.6) is 0 Å². The molecular formula is C22H18O3. The number of esters is 1. The van der Waals surface area contributed by atoms with Crippen LogP contribution in [-0.2, 0) is 16.0 Å². The second-order valence-corrected chi connectivity index (χ2v) is 5.69. The van der Waals surface area contributed by atoms with E-state index in [1.54, 1.807) is 36.4 Å². The van der Waals surface area contributed by atoms with Gasteiger partial charge in [0.1, 0.15) is 0 Å². The standard InChI is InChI=1S/C22H18O3/c23-20(16-17-10-4-1-5-11-17)21(18-12-6-2-7-13-18)25-22(24)19-14-8-3-9-15-19/h1-15,21H,16H2. The summed E-state index contributed by atoms with van der Waals surface area (Å²) in [7, 11) is 0. The zero-order chi connectivity index (χ0) is 17.5. The minimum atomic E-state index is -0.922. The van der Waals surface area contributed by atoms with Crippen molar-refractivity contribution in [2.75, 3.05) is 0 Å². The van der Waals surface area contributed by atoms with Crippen LogP contribution in [0.1, 0.15) is 27.6 Å². The van der Waals surface area contributed by atoms with Crippen molar-refractivity contribution in [3.63, 3.8) is 0 Å². The summed E-state index contributed by atoms with van der Waals surface area (Å²) in [6, 6.07) is 27.3. The number of carbonyl (C=O) groups is 2. The summed E-state index contributed by atoms with van der Waals surface area (Å²) >= 11 is 0. The lowest BCUT2D eigenvalue weighted by Crippen LogP contribution is -2.21. The summed E-state index contributed by atoms with van der Waals surface area (Å²) in [5, 5.41) is 0. The number of Topliss-reactive ketones (excluding diaryl/α,β-unsaturated/α-hetero) is 1. The monoisotopic (exact) mass is 330 g/mol. The molecule has 0 amide bonds. The minimum absolute atomic E-state index is 0.151. The van der Waals surface area contributed by atoms with E-state index in [4.69, 9.17) is 4.74 Å². The average molecular weight is 330 g/mol. The molecule has 0 saturated carbocycles. The fourth-order valence-corrected chi connectivity index (χ4v) is 2.59. The van der Waals surface area contributed by atoms with Crippen LogP contribution in [0.3, 0.4) is 0 Å². The number of ether oxygens (including phenoxy) is 1. The van der Waals surface area contributed by atoms with Crippen LogP contribution < -0.4 is 0 Å². The van der Waals surface area contributed by atoms with Crippen molar-refractivity contribution in [1.29, 1.82) is 0 Å². The first-order valence-corrected chi connectivity index (χ1v) is 8.11. The maximum atomic E-state index is 12.8. The van der Waals surface area contributed by atoms with Crippen LogP contribution in [0.25, 0.3) is 0 Å². The van der Waals surface area contributed by atoms with E-state index in [2.05, 4.69) is 0 Å². The van der Waals surface area contributed by atoms with Crippen molar-refractivity contribution in [3.8, 4) is 0 Å². The summed E-state index contributed by atoms with van der Waals surface area (Å²) in [5.74, 6) is -0.655. The number of hydrogen-bond acceptors (Lipinski definition) is 3. The van der Waals surface area contributed by atoms with Gasteiger partial charge in [-0.2, -0.15) is 0 Å². The predicted molar refractivity (Wildman–Crippen MR) is 96.2 cm³/mol. The number of benzene rings is 3. The second kappa shape index (κ2) is 8.06. The van der Waals surface area contributed by atoms with Crippen molar-refractivity contribution in [2.24, 2.45) is 0 Å². The lowest BCUT2D eigenvalue weighted by Gasteiger charge is -2.17. The molecule has 0 bridgehead atoms. The van der Waals surface area contributed by atoms with Gasteiger partial charge in [0, 0.05) is 12.0 Å². The van der Waals surface area contributed by atoms with Crippen LogP contribution in [-0.4, -0.2) is 11.8 Å². The molecule has 124 valence electrons. The Hall–Kier alpha value is -3.20. The summed E-state index contributed by atoms with van der Waals surface area (Å²) in [6.45, 7) is 0. The van der Waals surface area contributed by atoms with Gasteiger partial charge in [0.2, 0.25) is 0 Å². The van der Waals surface area contributed by atoms with Crippen molar-refractivity contribution in [2.45, 2.75) is 12.5 Å². The minimum Gasteiger partial charge on any atom is -0.446 e. The normalized spacial score (nSPS) is 11.5. The van der Waals surface area contributed by atoms with Gasteiger partial charge in [0.05, 0.1) is 5.56 Å². The summed E-state index contributed by atoms with van der Waals surface area (Å²) in [5.41, 5.74) is 1.99. The van der Waals surface area contributed by atoms with E-state index in [0.717, 1.165) is 5.56 Å². The highest BCUT2D eigenvalue weighted by molar-refractivity contribution is 5.93. The molecule has 0 spiro atoms. The van der Waals surface area contributed by atoms with Crippen LogP contribution in [0, 0.1) is 0 Å². The molecular weight excluding hydrogens is 312 g/mol. The zero-order valence-corrected chi connectivity index (χ0v) is 13.7. The van der Waals surface area contributed by atoms with E-state index in [1.807, 2.05) is 54.6 Å². The van der Waals surface area contributed by atoms with Gasteiger partial charge in [0.25, 0.3) is 0 Å². The van der Waals surface area contributed by atoms with Gasteiger partial charge in [-0.05, 0) is 17.7 Å². The maximum absolute atomic E-state index is 12.8. The van der Waals surface area contributed by atoms with Crippen LogP contribution in [0.4, 0.5) is 0 Å². The highest BCUT2D eigenvalue weighted by Gasteiger charge is 2.25. The summed E-state index contributed by atoms with van der Waals surface area (Å²) in [4.78, 5) is 25.2. The zero-order valence-electron chi connectivity index (χ0n) is 13.7. The highest BCUT2D eigenvalue weighted by atomic mass is 16.5. The molecule has 1 atom stereocenters. The first kappa shape index (κ1) is 16.7. The Morgan fingerprint density at radius 3 is 1.84 bits per heavy atom. The molecule has 25 heavy (non-hydrogen) atoms. The summed E-state index contributed by atoms with van der Waals surface area (Å²) < 4.78 is 5.57. The third kappa shape index (κ3) is 4.42. The molecule has 0 aliphatic carbocycles. The van der Waals surface area contributed by atoms with Crippen LogP contribution >= 0.6 is 0 Å². The van der Waals surface area contributed by atoms with Crippen molar-refractivity contribution < 1.29 is 14.3 Å². The lowest BCUT2D eigenvalue weighted by molar-refractivity contribution is -0.127. The molecule has 3 aromatic carbocycles. The van der Waals surface area contributed by atoms with E-state index >= 15 is 0 Å². The number of ketones is 1. The van der Waals surface area contributed by atoms with E-state index in [0.29, 0.717) is 11.1 Å². The smallest absolute Gasteiger partial charge is 0.339 e. The molecule has 1 unspecified atom stereocenters. The fraction of sp³-hybridized carbons (Fsp3) is 0.0909. The SMILES string of the molecule is O=C(OC(C(=O)Cc1ccccc1)c1ccccc1)c1ccccc1. The van der Waals surface area contributed by atoms with Gasteiger partial charge < -0.3 is 4.74 Å². The molecule has 0 saturated heterocycles. The number of carbonyl (C=O) groups excluding carboxylic acids is 2. The van der Waals surface area contributed by atoms with E-state index in [9.17, 15) is 9.59 Å². The van der Waals surface area contributed by atoms with E-state index in [-0.39, 0.29) is 12.2 Å². The van der Waals surface area contributed by atoms with Gasteiger partial charge >= 0.3 is 5.97 Å². The molecule has 0 N–H and O–H groups in total. The van der Waals surface area contributed by atoms with Gasteiger partial charge in [-0.1, -0.05) is 78.9 Å². The van der Waals surface area contributed by atoms with Gasteiger partial charge in [0.15, 0.2) is 11.9 Å². The Labute approximate surface area is 146 Å². The average Bonchev–Trinajstić information content (AvgIpc) is 2.68. The Balaban J connectivity index is 1.83. The summed E-state index contributed by atoms with van der Waals surface area (Å²) in [6.07, 6.45) is -0.711. The second-order valence-electron chi connectivity index (χ2n) is 5.69. The Morgan fingerprint density at radius 2 is 1.24 bits per heavy atom. The molecule has 0 aromatic heterocycles. The third-order valence-corrected chi connectivity index (χ3v) is 3.85. The first-order chi connectivity index (χ1) is 12.2. The molecule has 0 radical (unpaired) electrons. The van der Waals surface area contributed by atoms with Gasteiger partial charge in [-0.3, -0.25) is 4.79 Å². The third-order valence-electron chi connectivity index (χ3n) is 3.85. The molecule has 3 nitrogen and oxygen atoms in total. The molecule has 0 aliphatic heterocycles. The van der Waals surface area contributed by atoms with Crippen molar-refractivity contribution in [1.82, 2.24) is 0 Å². The highest BCUT2D eigenvalue weighted by Crippen LogP contribution is 2.22. The molecule has 0 aliphatic rings. The first-order valence-electron chi connectivity index (χ1n) is 8.11. The molecule has 3 rings (SSSR count). The fourth-order valence-electron chi connectivity index (χ4n) is 2.59. The Bertz CT molecular complexity index is 827. The van der Waals surface area contributed by atoms with Gasteiger partial charge in [-0.25, -0.2) is 4.79 Å². The molecule has 3 aromatic rings. The van der Waals surface area contributed by atoms with Gasteiger partial charge in [-0.15, -0.1) is 0 Å². The molecule has 0 heterocycles. The number of hydrogen-bond donors (Lipinski definition) is 0. The van der Waals surface area contributed by atoms with E-state index in [1.165, 1.54) is 0 Å². The van der Waals surface area contributed by atoms with Crippen molar-refractivity contribution in [3.05, 3.63) is 108 Å². The quantitative estimate of drug-likeness (QED) is 0.629. The predicted octanol–water partition coefficient (Wildman–Crippen LogP) is 4.40. The van der Waals surface area contributed by atoms with Crippen LogP contribution in [0.2, 0.25) is 0 Å². The lowest BCUT2D eigenvalue weighted by atomic mass is 10.00. The van der Waals surface area contributed by atoms with E-state index < -0.39 is 12.1 Å². The molecule has 3 heteroatoms.